The summed E-state index contributed by atoms with van der Waals surface area (Å²) in [6, 6.07) is 0. The van der Waals surface area contributed by atoms with Crippen LogP contribution in [0.1, 0.15) is 28.0 Å². The second kappa shape index (κ2) is 5.02. The maximum absolute atomic E-state index is 12.6. The van der Waals surface area contributed by atoms with E-state index in [0.29, 0.717) is 0 Å². The van der Waals surface area contributed by atoms with Gasteiger partial charge in [0.2, 0.25) is 0 Å². The monoisotopic (exact) mass is 347 g/mol. The Bertz CT molecular complexity index is 400. The van der Waals surface area contributed by atoms with Crippen molar-refractivity contribution in [2.75, 3.05) is 0 Å². The number of rotatable bonds is 3. The fourth-order valence-corrected chi connectivity index (χ4v) is 1.94. The van der Waals surface area contributed by atoms with Crippen LogP contribution in [0.3, 0.4) is 0 Å². The lowest BCUT2D eigenvalue weighted by molar-refractivity contribution is 0.0682. The third-order valence-electron chi connectivity index (χ3n) is 1.71. The van der Waals surface area contributed by atoms with Crippen molar-refractivity contribution in [2.45, 2.75) is 12.3 Å². The van der Waals surface area contributed by atoms with Crippen LogP contribution in [-0.4, -0.2) is 16.1 Å². The predicted octanol–water partition coefficient (Wildman–Crippen LogP) is 3.06. The molecule has 1 heterocycles. The molecule has 1 aromatic heterocycles. The van der Waals surface area contributed by atoms with Gasteiger partial charge in [-0.1, -0.05) is 0 Å². The molecular formula is C8H5ClF2INO2. The van der Waals surface area contributed by atoms with Gasteiger partial charge in [-0.25, -0.2) is 13.6 Å². The number of aromatic carboxylic acids is 1. The van der Waals surface area contributed by atoms with Crippen molar-refractivity contribution in [1.29, 1.82) is 0 Å². The second-order valence-corrected chi connectivity index (χ2v) is 4.01. The number of carboxylic acid groups (broad SMARTS) is 1. The van der Waals surface area contributed by atoms with Crippen LogP contribution >= 0.6 is 34.2 Å². The molecule has 7 heteroatoms. The maximum Gasteiger partial charge on any atom is 0.338 e. The molecule has 0 aliphatic rings. The molecule has 15 heavy (non-hydrogen) atoms. The predicted molar refractivity (Wildman–Crippen MR) is 58.4 cm³/mol. The first-order chi connectivity index (χ1) is 6.99. The fourth-order valence-electron chi connectivity index (χ4n) is 1.10. The zero-order valence-electron chi connectivity index (χ0n) is 7.18. The van der Waals surface area contributed by atoms with Gasteiger partial charge in [0.25, 0.3) is 6.43 Å². The van der Waals surface area contributed by atoms with Crippen LogP contribution in [0, 0.1) is 3.57 Å². The van der Waals surface area contributed by atoms with E-state index in [2.05, 4.69) is 4.98 Å². The summed E-state index contributed by atoms with van der Waals surface area (Å²) in [5.41, 5.74) is -1.06. The Kier molecular flexibility index (Phi) is 4.21. The minimum Gasteiger partial charge on any atom is -0.478 e. The van der Waals surface area contributed by atoms with E-state index in [1.54, 1.807) is 22.6 Å². The standard InChI is InChI=1S/C8H5ClF2INO2/c9-1-4-6(8(14)15)5(7(10)11)3(12)2-13-4/h2,7H,1H2,(H,14,15). The average Bonchev–Trinajstić information content (AvgIpc) is 2.16. The Balaban J connectivity index is 3.51. The van der Waals surface area contributed by atoms with Gasteiger partial charge in [0.15, 0.2) is 0 Å². The number of carboxylic acids is 1. The van der Waals surface area contributed by atoms with E-state index in [-0.39, 0.29) is 15.1 Å². The van der Waals surface area contributed by atoms with Crippen LogP contribution in [0.25, 0.3) is 0 Å². The quantitative estimate of drug-likeness (QED) is 0.675. The fraction of sp³-hybridized carbons (Fsp3) is 0.250. The third kappa shape index (κ3) is 2.54. The molecule has 0 atom stereocenters. The molecule has 1 rings (SSSR count). The van der Waals surface area contributed by atoms with E-state index in [4.69, 9.17) is 16.7 Å². The van der Waals surface area contributed by atoms with Crippen molar-refractivity contribution in [2.24, 2.45) is 0 Å². The Hall–Kier alpha value is -0.500. The lowest BCUT2D eigenvalue weighted by Crippen LogP contribution is -2.10. The Morgan fingerprint density at radius 1 is 1.67 bits per heavy atom. The minimum atomic E-state index is -2.85. The first-order valence-electron chi connectivity index (χ1n) is 3.73. The maximum atomic E-state index is 12.6. The molecule has 82 valence electrons. The molecule has 0 radical (unpaired) electrons. The largest absolute Gasteiger partial charge is 0.478 e. The highest BCUT2D eigenvalue weighted by Gasteiger charge is 2.25. The van der Waals surface area contributed by atoms with Crippen LogP contribution < -0.4 is 0 Å². The topological polar surface area (TPSA) is 50.2 Å². The van der Waals surface area contributed by atoms with E-state index < -0.39 is 23.5 Å². The second-order valence-electron chi connectivity index (χ2n) is 2.58. The van der Waals surface area contributed by atoms with Crippen LogP contribution in [0.4, 0.5) is 8.78 Å². The highest BCUT2D eigenvalue weighted by molar-refractivity contribution is 14.1. The van der Waals surface area contributed by atoms with Crippen molar-refractivity contribution >= 4 is 40.2 Å². The Morgan fingerprint density at radius 2 is 2.27 bits per heavy atom. The summed E-state index contributed by atoms with van der Waals surface area (Å²) in [7, 11) is 0. The van der Waals surface area contributed by atoms with Gasteiger partial charge in [0.05, 0.1) is 17.1 Å². The number of hydrogen-bond acceptors (Lipinski definition) is 2. The molecule has 0 aliphatic carbocycles. The Morgan fingerprint density at radius 3 is 2.67 bits per heavy atom. The summed E-state index contributed by atoms with van der Waals surface area (Å²) in [6.07, 6.45) is -1.67. The lowest BCUT2D eigenvalue weighted by Gasteiger charge is -2.10. The molecule has 0 unspecified atom stereocenters. The molecule has 0 fully saturated rings. The molecule has 0 saturated carbocycles. The molecule has 3 nitrogen and oxygen atoms in total. The Labute approximate surface area is 103 Å². The van der Waals surface area contributed by atoms with Crippen molar-refractivity contribution in [3.8, 4) is 0 Å². The number of nitrogens with zero attached hydrogens (tertiary/aromatic N) is 1. The van der Waals surface area contributed by atoms with E-state index in [1.165, 1.54) is 6.20 Å². The van der Waals surface area contributed by atoms with Gasteiger partial charge in [-0.05, 0) is 22.6 Å². The molecule has 0 aliphatic heterocycles. The number of halogens is 4. The first-order valence-corrected chi connectivity index (χ1v) is 5.35. The molecule has 1 N–H and O–H groups in total. The van der Waals surface area contributed by atoms with Gasteiger partial charge in [0.1, 0.15) is 0 Å². The number of hydrogen-bond donors (Lipinski definition) is 1. The molecule has 0 aromatic carbocycles. The highest BCUT2D eigenvalue weighted by Crippen LogP contribution is 2.29. The van der Waals surface area contributed by atoms with Crippen LogP contribution in [-0.2, 0) is 5.88 Å². The summed E-state index contributed by atoms with van der Waals surface area (Å²) in [6.45, 7) is 0. The van der Waals surface area contributed by atoms with Gasteiger partial charge in [-0.3, -0.25) is 4.98 Å². The normalized spacial score (nSPS) is 10.7. The van der Waals surface area contributed by atoms with E-state index in [9.17, 15) is 13.6 Å². The summed E-state index contributed by atoms with van der Waals surface area (Å²) in [4.78, 5) is 14.5. The van der Waals surface area contributed by atoms with Crippen molar-refractivity contribution in [3.63, 3.8) is 0 Å². The van der Waals surface area contributed by atoms with Gasteiger partial charge >= 0.3 is 5.97 Å². The SMILES string of the molecule is O=C(O)c1c(CCl)ncc(I)c1C(F)F. The van der Waals surface area contributed by atoms with E-state index >= 15 is 0 Å². The van der Waals surface area contributed by atoms with Crippen LogP contribution in [0.15, 0.2) is 6.20 Å². The van der Waals surface area contributed by atoms with E-state index in [0.717, 1.165) is 0 Å². The van der Waals surface area contributed by atoms with Gasteiger partial charge < -0.3 is 5.11 Å². The molecular weight excluding hydrogens is 342 g/mol. The lowest BCUT2D eigenvalue weighted by atomic mass is 10.1. The van der Waals surface area contributed by atoms with Gasteiger partial charge in [-0.2, -0.15) is 0 Å². The summed E-state index contributed by atoms with van der Waals surface area (Å²) < 4.78 is 25.4. The molecule has 0 bridgehead atoms. The van der Waals surface area contributed by atoms with Gasteiger partial charge in [0, 0.05) is 15.3 Å². The number of pyridine rings is 1. The third-order valence-corrected chi connectivity index (χ3v) is 2.82. The summed E-state index contributed by atoms with van der Waals surface area (Å²) in [5.74, 6) is -1.65. The van der Waals surface area contributed by atoms with Crippen molar-refractivity contribution in [3.05, 3.63) is 26.6 Å². The summed E-state index contributed by atoms with van der Waals surface area (Å²) >= 11 is 7.05. The van der Waals surface area contributed by atoms with Crippen LogP contribution in [0.2, 0.25) is 0 Å². The molecule has 0 spiro atoms. The zero-order valence-corrected chi connectivity index (χ0v) is 10.1. The first kappa shape index (κ1) is 12.6. The molecule has 0 amide bonds. The van der Waals surface area contributed by atoms with Crippen molar-refractivity contribution in [1.82, 2.24) is 4.98 Å². The highest BCUT2D eigenvalue weighted by atomic mass is 127. The number of aromatic nitrogens is 1. The molecule has 1 aromatic rings. The zero-order chi connectivity index (χ0) is 11.6. The van der Waals surface area contributed by atoms with Gasteiger partial charge in [-0.15, -0.1) is 11.6 Å². The smallest absolute Gasteiger partial charge is 0.338 e. The number of alkyl halides is 3. The average molecular weight is 347 g/mol. The minimum absolute atomic E-state index is 0.0418. The molecule has 0 saturated heterocycles. The summed E-state index contributed by atoms with van der Waals surface area (Å²) in [5, 5.41) is 8.82. The van der Waals surface area contributed by atoms with E-state index in [1.807, 2.05) is 0 Å². The number of carbonyl (C=O) groups is 1. The van der Waals surface area contributed by atoms with Crippen LogP contribution in [0.5, 0.6) is 0 Å². The van der Waals surface area contributed by atoms with Crippen molar-refractivity contribution < 1.29 is 18.7 Å².